The predicted molar refractivity (Wildman–Crippen MR) is 187 cm³/mol. The van der Waals surface area contributed by atoms with Gasteiger partial charge in [-0.1, -0.05) is 73.4 Å². The zero-order chi connectivity index (χ0) is 34.8. The molecule has 0 aliphatic heterocycles. The van der Waals surface area contributed by atoms with E-state index in [-0.39, 0.29) is 34.5 Å². The van der Waals surface area contributed by atoms with Crippen LogP contribution in [0.15, 0.2) is 102 Å². The fraction of sp³-hybridized carbons (Fsp3) is 0.278. The number of carbonyl (C=O) groups is 2. The summed E-state index contributed by atoms with van der Waals surface area (Å²) in [7, 11) is -4.40. The Balaban J connectivity index is 1.81. The summed E-state index contributed by atoms with van der Waals surface area (Å²) >= 11 is 12.5. The van der Waals surface area contributed by atoms with Crippen LogP contribution in [-0.4, -0.2) is 50.9 Å². The van der Waals surface area contributed by atoms with Gasteiger partial charge in [0.15, 0.2) is 0 Å². The number of hydrogen-bond acceptors (Lipinski definition) is 5. The zero-order valence-corrected chi connectivity index (χ0v) is 29.2. The van der Waals surface area contributed by atoms with Gasteiger partial charge in [-0.25, -0.2) is 12.8 Å². The number of halogens is 3. The first-order chi connectivity index (χ1) is 22.9. The highest BCUT2D eigenvalue weighted by Crippen LogP contribution is 2.28. The van der Waals surface area contributed by atoms with Crippen molar-refractivity contribution < 1.29 is 27.1 Å². The van der Waals surface area contributed by atoms with Gasteiger partial charge in [-0.3, -0.25) is 13.9 Å². The minimum atomic E-state index is -4.40. The summed E-state index contributed by atoms with van der Waals surface area (Å²) in [5.74, 6) is -1.00. The van der Waals surface area contributed by atoms with E-state index in [1.807, 2.05) is 51.1 Å². The lowest BCUT2D eigenvalue weighted by Gasteiger charge is -2.34. The Labute approximate surface area is 291 Å². The van der Waals surface area contributed by atoms with E-state index in [1.165, 1.54) is 17.0 Å². The molecule has 0 radical (unpaired) electrons. The van der Waals surface area contributed by atoms with Gasteiger partial charge in [0.25, 0.3) is 10.0 Å². The number of anilines is 1. The summed E-state index contributed by atoms with van der Waals surface area (Å²) < 4.78 is 48.5. The number of hydrogen-bond donors (Lipinski definition) is 1. The van der Waals surface area contributed by atoms with Gasteiger partial charge in [0.05, 0.1) is 27.2 Å². The monoisotopic (exact) mass is 713 g/mol. The van der Waals surface area contributed by atoms with Gasteiger partial charge in [-0.2, -0.15) is 0 Å². The lowest BCUT2D eigenvalue weighted by atomic mass is 10.0. The maximum absolute atomic E-state index is 14.6. The highest BCUT2D eigenvalue weighted by molar-refractivity contribution is 7.92. The number of nitrogens with one attached hydrogen (secondary N) is 1. The third-order valence-electron chi connectivity index (χ3n) is 7.41. The summed E-state index contributed by atoms with van der Waals surface area (Å²) in [4.78, 5) is 29.6. The molecule has 0 fully saturated rings. The number of carbonyl (C=O) groups excluding carboxylic acids is 2. The molecule has 12 heteroatoms. The number of sulfonamides is 1. The summed E-state index contributed by atoms with van der Waals surface area (Å²) in [5, 5.41) is 3.53. The van der Waals surface area contributed by atoms with E-state index in [1.54, 1.807) is 30.3 Å². The average molecular weight is 715 g/mol. The number of benzene rings is 4. The Morgan fingerprint density at radius 2 is 1.54 bits per heavy atom. The third kappa shape index (κ3) is 9.71. The molecule has 4 aromatic carbocycles. The molecule has 0 bridgehead atoms. The van der Waals surface area contributed by atoms with Crippen LogP contribution in [-0.2, 0) is 32.6 Å². The molecule has 0 heterocycles. The number of amides is 2. The second-order valence-corrected chi connectivity index (χ2v) is 14.2. The van der Waals surface area contributed by atoms with Crippen molar-refractivity contribution in [2.45, 2.75) is 44.7 Å². The third-order valence-corrected chi connectivity index (χ3v) is 9.94. The molecule has 2 amide bonds. The molecule has 254 valence electrons. The Hall–Kier alpha value is -4.12. The molecular weight excluding hydrogens is 676 g/mol. The molecular formula is C36H38Cl2FN3O5S. The van der Waals surface area contributed by atoms with Gasteiger partial charge < -0.3 is 15.0 Å². The largest absolute Gasteiger partial charge is 0.494 e. The van der Waals surface area contributed by atoms with Gasteiger partial charge in [0.2, 0.25) is 11.8 Å². The summed E-state index contributed by atoms with van der Waals surface area (Å²) in [5.41, 5.74) is 1.56. The quantitative estimate of drug-likeness (QED) is 0.141. The van der Waals surface area contributed by atoms with Crippen LogP contribution in [0, 0.1) is 11.7 Å². The van der Waals surface area contributed by atoms with Crippen molar-refractivity contribution in [1.82, 2.24) is 10.2 Å². The van der Waals surface area contributed by atoms with Gasteiger partial charge in [-0.05, 0) is 84.6 Å². The molecule has 0 saturated heterocycles. The molecule has 48 heavy (non-hydrogen) atoms. The molecule has 0 unspecified atom stereocenters. The van der Waals surface area contributed by atoms with E-state index in [0.717, 1.165) is 34.1 Å². The lowest BCUT2D eigenvalue weighted by Crippen LogP contribution is -2.53. The zero-order valence-electron chi connectivity index (χ0n) is 26.9. The topological polar surface area (TPSA) is 96.0 Å². The maximum atomic E-state index is 14.6. The van der Waals surface area contributed by atoms with E-state index in [9.17, 15) is 22.4 Å². The van der Waals surface area contributed by atoms with Crippen LogP contribution in [0.3, 0.4) is 0 Å². The first kappa shape index (κ1) is 36.7. The van der Waals surface area contributed by atoms with E-state index < -0.39 is 40.2 Å². The highest BCUT2D eigenvalue weighted by atomic mass is 35.5. The highest BCUT2D eigenvalue weighted by Gasteiger charge is 2.35. The molecule has 4 rings (SSSR count). The molecule has 1 N–H and O–H groups in total. The Kier molecular flexibility index (Phi) is 12.9. The standard InChI is InChI=1S/C36H38Cl2FN3O5S/c1-4-47-30-15-13-29(14-16-30)42(48(45,46)31-17-11-28(39)12-18-31)24-35(43)41(23-27-10-19-32(37)33(38)20-27)34(36(44)40-22-25(2)3)21-26-8-6-5-7-9-26/h5-20,25,34H,4,21-24H2,1-3H3,(H,40,44)/t34-/m1/s1. The Morgan fingerprint density at radius 1 is 0.875 bits per heavy atom. The number of ether oxygens (including phenoxy) is 1. The van der Waals surface area contributed by atoms with E-state index in [4.69, 9.17) is 27.9 Å². The van der Waals surface area contributed by atoms with Crippen molar-refractivity contribution in [3.05, 3.63) is 124 Å². The summed E-state index contributed by atoms with van der Waals surface area (Å²) in [6, 6.07) is 23.7. The van der Waals surface area contributed by atoms with Crippen molar-refractivity contribution >= 4 is 50.7 Å². The second kappa shape index (κ2) is 16.8. The van der Waals surface area contributed by atoms with Crippen molar-refractivity contribution in [1.29, 1.82) is 0 Å². The number of rotatable bonds is 15. The van der Waals surface area contributed by atoms with Gasteiger partial charge in [0, 0.05) is 19.5 Å². The molecule has 0 spiro atoms. The first-order valence-corrected chi connectivity index (χ1v) is 17.6. The molecule has 0 aromatic heterocycles. The molecule has 0 saturated carbocycles. The normalized spacial score (nSPS) is 12.0. The van der Waals surface area contributed by atoms with Crippen LogP contribution in [0.5, 0.6) is 5.75 Å². The smallest absolute Gasteiger partial charge is 0.264 e. The van der Waals surface area contributed by atoms with Crippen molar-refractivity contribution in [3.63, 3.8) is 0 Å². The first-order valence-electron chi connectivity index (χ1n) is 15.4. The van der Waals surface area contributed by atoms with Crippen LogP contribution < -0.4 is 14.4 Å². The van der Waals surface area contributed by atoms with Crippen molar-refractivity contribution in [2.75, 3.05) is 24.0 Å². The van der Waals surface area contributed by atoms with Crippen molar-refractivity contribution in [3.8, 4) is 5.75 Å². The van der Waals surface area contributed by atoms with Crippen LogP contribution in [0.4, 0.5) is 10.1 Å². The van der Waals surface area contributed by atoms with E-state index in [0.29, 0.717) is 29.5 Å². The lowest BCUT2D eigenvalue weighted by molar-refractivity contribution is -0.140. The fourth-order valence-corrected chi connectivity index (χ4v) is 6.68. The molecule has 0 aliphatic carbocycles. The van der Waals surface area contributed by atoms with Gasteiger partial charge >= 0.3 is 0 Å². The predicted octanol–water partition coefficient (Wildman–Crippen LogP) is 7.14. The SMILES string of the molecule is CCOc1ccc(N(CC(=O)N(Cc2ccc(Cl)c(Cl)c2)[C@H](Cc2ccccc2)C(=O)NCC(C)C)S(=O)(=O)c2ccc(F)cc2)cc1. The van der Waals surface area contributed by atoms with Crippen LogP contribution >= 0.6 is 23.2 Å². The van der Waals surface area contributed by atoms with Crippen LogP contribution in [0.25, 0.3) is 0 Å². The van der Waals surface area contributed by atoms with Gasteiger partial charge in [0.1, 0.15) is 24.2 Å². The molecule has 0 aliphatic rings. The number of nitrogens with zero attached hydrogens (tertiary/aromatic N) is 2. The average Bonchev–Trinajstić information content (AvgIpc) is 3.06. The van der Waals surface area contributed by atoms with Crippen molar-refractivity contribution in [2.24, 2.45) is 5.92 Å². The van der Waals surface area contributed by atoms with Crippen LogP contribution in [0.1, 0.15) is 31.9 Å². The molecule has 4 aromatic rings. The summed E-state index contributed by atoms with van der Waals surface area (Å²) in [6.45, 7) is 5.77. The minimum Gasteiger partial charge on any atom is -0.494 e. The van der Waals surface area contributed by atoms with E-state index in [2.05, 4.69) is 5.32 Å². The second-order valence-electron chi connectivity index (χ2n) is 11.5. The minimum absolute atomic E-state index is 0.0734. The fourth-order valence-electron chi connectivity index (χ4n) is 4.95. The Bertz CT molecular complexity index is 1790. The van der Waals surface area contributed by atoms with E-state index >= 15 is 0 Å². The maximum Gasteiger partial charge on any atom is 0.264 e. The van der Waals surface area contributed by atoms with Crippen LogP contribution in [0.2, 0.25) is 10.0 Å². The van der Waals surface area contributed by atoms with Gasteiger partial charge in [-0.15, -0.1) is 0 Å². The Morgan fingerprint density at radius 3 is 2.15 bits per heavy atom. The molecule has 1 atom stereocenters. The molecule has 8 nitrogen and oxygen atoms in total. The summed E-state index contributed by atoms with van der Waals surface area (Å²) in [6.07, 6.45) is 0.158.